The molecule has 0 aliphatic rings. The van der Waals surface area contributed by atoms with Crippen LogP contribution in [-0.4, -0.2) is 47.3 Å². The molecular weight excluding hydrogens is 310 g/mol. The SMILES string of the molecule is Cc1ccc(Br)cc1CCN(C)CC(O)CC(=O)O. The van der Waals surface area contributed by atoms with Gasteiger partial charge in [-0.2, -0.15) is 0 Å². The number of hydrogen-bond acceptors (Lipinski definition) is 3. The van der Waals surface area contributed by atoms with Gasteiger partial charge in [0.2, 0.25) is 0 Å². The van der Waals surface area contributed by atoms with Crippen molar-refractivity contribution in [3.8, 4) is 0 Å². The van der Waals surface area contributed by atoms with Gasteiger partial charge in [0.1, 0.15) is 0 Å². The van der Waals surface area contributed by atoms with Gasteiger partial charge < -0.3 is 15.1 Å². The largest absolute Gasteiger partial charge is 0.481 e. The summed E-state index contributed by atoms with van der Waals surface area (Å²) in [6, 6.07) is 6.18. The van der Waals surface area contributed by atoms with Crippen molar-refractivity contribution in [3.05, 3.63) is 33.8 Å². The highest BCUT2D eigenvalue weighted by atomic mass is 79.9. The summed E-state index contributed by atoms with van der Waals surface area (Å²) >= 11 is 3.45. The van der Waals surface area contributed by atoms with E-state index >= 15 is 0 Å². The zero-order valence-corrected chi connectivity index (χ0v) is 12.9. The summed E-state index contributed by atoms with van der Waals surface area (Å²) in [7, 11) is 1.89. The first-order valence-corrected chi connectivity index (χ1v) is 7.01. The van der Waals surface area contributed by atoms with E-state index in [4.69, 9.17) is 5.11 Å². The molecule has 0 bridgehead atoms. The summed E-state index contributed by atoms with van der Waals surface area (Å²) in [5, 5.41) is 18.1. The maximum atomic E-state index is 10.5. The number of nitrogens with zero attached hydrogens (tertiary/aromatic N) is 1. The summed E-state index contributed by atoms with van der Waals surface area (Å²) in [6.07, 6.45) is -0.145. The van der Waals surface area contributed by atoms with Crippen molar-refractivity contribution in [2.45, 2.75) is 25.9 Å². The maximum absolute atomic E-state index is 10.5. The van der Waals surface area contributed by atoms with Crippen molar-refractivity contribution in [2.24, 2.45) is 0 Å². The third kappa shape index (κ3) is 6.18. The minimum Gasteiger partial charge on any atom is -0.481 e. The molecule has 2 N–H and O–H groups in total. The molecule has 0 saturated heterocycles. The summed E-state index contributed by atoms with van der Waals surface area (Å²) in [5.41, 5.74) is 2.50. The molecule has 0 fully saturated rings. The Labute approximate surface area is 122 Å². The van der Waals surface area contributed by atoms with Gasteiger partial charge in [-0.15, -0.1) is 0 Å². The fourth-order valence-corrected chi connectivity index (χ4v) is 2.35. The molecule has 106 valence electrons. The van der Waals surface area contributed by atoms with Crippen LogP contribution in [0.25, 0.3) is 0 Å². The Hall–Kier alpha value is -0.910. The predicted octanol–water partition coefficient (Wildman–Crippen LogP) is 2.07. The van der Waals surface area contributed by atoms with Crippen LogP contribution in [-0.2, 0) is 11.2 Å². The Bertz CT molecular complexity index is 437. The molecule has 19 heavy (non-hydrogen) atoms. The lowest BCUT2D eigenvalue weighted by Gasteiger charge is -2.20. The van der Waals surface area contributed by atoms with E-state index in [9.17, 15) is 9.90 Å². The number of carboxylic acid groups (broad SMARTS) is 1. The number of aryl methyl sites for hydroxylation is 1. The van der Waals surface area contributed by atoms with Crippen molar-refractivity contribution in [1.82, 2.24) is 4.90 Å². The van der Waals surface area contributed by atoms with Crippen LogP contribution in [0.15, 0.2) is 22.7 Å². The molecule has 0 spiro atoms. The predicted molar refractivity (Wildman–Crippen MR) is 78.3 cm³/mol. The quantitative estimate of drug-likeness (QED) is 0.803. The van der Waals surface area contributed by atoms with Crippen molar-refractivity contribution in [3.63, 3.8) is 0 Å². The third-order valence-corrected chi connectivity index (χ3v) is 3.50. The van der Waals surface area contributed by atoms with Crippen LogP contribution in [0.1, 0.15) is 17.5 Å². The molecule has 0 aliphatic carbocycles. The van der Waals surface area contributed by atoms with Gasteiger partial charge in [0.25, 0.3) is 0 Å². The Kier molecular flexibility index (Phi) is 6.48. The van der Waals surface area contributed by atoms with Crippen LogP contribution in [0.5, 0.6) is 0 Å². The van der Waals surface area contributed by atoms with Crippen molar-refractivity contribution in [2.75, 3.05) is 20.1 Å². The molecule has 0 heterocycles. The molecule has 4 nitrogen and oxygen atoms in total. The van der Waals surface area contributed by atoms with Gasteiger partial charge in [0.15, 0.2) is 0 Å². The first-order chi connectivity index (χ1) is 8.88. The normalized spacial score (nSPS) is 12.7. The van der Waals surface area contributed by atoms with Crippen LogP contribution < -0.4 is 0 Å². The summed E-state index contributed by atoms with van der Waals surface area (Å²) in [6.45, 7) is 3.23. The number of halogens is 1. The van der Waals surface area contributed by atoms with Crippen LogP contribution >= 0.6 is 15.9 Å². The van der Waals surface area contributed by atoms with Crippen LogP contribution in [0.4, 0.5) is 0 Å². The molecule has 1 rings (SSSR count). The summed E-state index contributed by atoms with van der Waals surface area (Å²) in [4.78, 5) is 12.4. The summed E-state index contributed by atoms with van der Waals surface area (Å²) in [5.74, 6) is -0.969. The molecule has 0 aliphatic heterocycles. The lowest BCUT2D eigenvalue weighted by Crippen LogP contribution is -2.32. The number of carbonyl (C=O) groups is 1. The van der Waals surface area contributed by atoms with Gasteiger partial charge in [-0.3, -0.25) is 4.79 Å². The van der Waals surface area contributed by atoms with Gasteiger partial charge >= 0.3 is 5.97 Å². The number of aliphatic hydroxyl groups excluding tert-OH is 1. The average Bonchev–Trinajstić information content (AvgIpc) is 2.29. The van der Waals surface area contributed by atoms with E-state index in [2.05, 4.69) is 35.0 Å². The monoisotopic (exact) mass is 329 g/mol. The number of aliphatic hydroxyl groups is 1. The highest BCUT2D eigenvalue weighted by Crippen LogP contribution is 2.16. The zero-order valence-electron chi connectivity index (χ0n) is 11.3. The van der Waals surface area contributed by atoms with Gasteiger partial charge in [-0.1, -0.05) is 22.0 Å². The molecule has 0 saturated carbocycles. The van der Waals surface area contributed by atoms with Crippen LogP contribution in [0.3, 0.4) is 0 Å². The number of carboxylic acids is 1. The van der Waals surface area contributed by atoms with E-state index in [-0.39, 0.29) is 6.42 Å². The molecule has 5 heteroatoms. The topological polar surface area (TPSA) is 60.8 Å². The van der Waals surface area contributed by atoms with Crippen LogP contribution in [0, 0.1) is 6.92 Å². The molecule has 1 aromatic rings. The number of likely N-dealkylation sites (N-methyl/N-ethyl adjacent to an activating group) is 1. The number of benzene rings is 1. The minimum absolute atomic E-state index is 0.208. The van der Waals surface area contributed by atoms with Gasteiger partial charge in [0, 0.05) is 17.6 Å². The first kappa shape index (κ1) is 16.1. The van der Waals surface area contributed by atoms with Gasteiger partial charge in [-0.25, -0.2) is 0 Å². The lowest BCUT2D eigenvalue weighted by molar-refractivity contribution is -0.139. The Morgan fingerprint density at radius 2 is 2.16 bits per heavy atom. The summed E-state index contributed by atoms with van der Waals surface area (Å²) < 4.78 is 1.06. The average molecular weight is 330 g/mol. The third-order valence-electron chi connectivity index (χ3n) is 3.01. The van der Waals surface area contributed by atoms with E-state index in [1.165, 1.54) is 11.1 Å². The molecule has 1 unspecified atom stereocenters. The fraction of sp³-hybridized carbons (Fsp3) is 0.500. The second-order valence-corrected chi connectivity index (χ2v) is 5.75. The van der Waals surface area contributed by atoms with Crippen LogP contribution in [0.2, 0.25) is 0 Å². The molecule has 1 aromatic carbocycles. The lowest BCUT2D eigenvalue weighted by atomic mass is 10.1. The van der Waals surface area contributed by atoms with E-state index < -0.39 is 12.1 Å². The highest BCUT2D eigenvalue weighted by Gasteiger charge is 2.12. The number of hydrogen-bond donors (Lipinski definition) is 2. The molecule has 0 aromatic heterocycles. The first-order valence-electron chi connectivity index (χ1n) is 6.22. The van der Waals surface area contributed by atoms with Crippen molar-refractivity contribution >= 4 is 21.9 Å². The molecular formula is C14H20BrNO3. The van der Waals surface area contributed by atoms with E-state index in [0.29, 0.717) is 6.54 Å². The Morgan fingerprint density at radius 3 is 2.79 bits per heavy atom. The van der Waals surface area contributed by atoms with Gasteiger partial charge in [-0.05, 0) is 43.7 Å². The number of rotatable bonds is 7. The maximum Gasteiger partial charge on any atom is 0.306 e. The Morgan fingerprint density at radius 1 is 1.47 bits per heavy atom. The standard InChI is InChI=1S/C14H20BrNO3/c1-10-3-4-12(15)7-11(10)5-6-16(2)9-13(17)8-14(18)19/h3-4,7,13,17H,5-6,8-9H2,1-2H3,(H,18,19). The smallest absolute Gasteiger partial charge is 0.306 e. The van der Waals surface area contributed by atoms with Crippen molar-refractivity contribution < 1.29 is 15.0 Å². The highest BCUT2D eigenvalue weighted by molar-refractivity contribution is 9.10. The van der Waals surface area contributed by atoms with E-state index in [0.717, 1.165) is 17.4 Å². The second kappa shape index (κ2) is 7.62. The zero-order chi connectivity index (χ0) is 14.4. The molecule has 0 amide bonds. The molecule has 0 radical (unpaired) electrons. The van der Waals surface area contributed by atoms with E-state index in [1.54, 1.807) is 0 Å². The fourth-order valence-electron chi connectivity index (χ4n) is 1.94. The van der Waals surface area contributed by atoms with E-state index in [1.807, 2.05) is 18.0 Å². The van der Waals surface area contributed by atoms with Crippen molar-refractivity contribution in [1.29, 1.82) is 0 Å². The molecule has 1 atom stereocenters. The minimum atomic E-state index is -0.969. The number of aliphatic carboxylic acids is 1. The second-order valence-electron chi connectivity index (χ2n) is 4.83. The van der Waals surface area contributed by atoms with Gasteiger partial charge in [0.05, 0.1) is 12.5 Å². The Balaban J connectivity index is 2.43.